The number of dihydropyridines is 1. The third-order valence-corrected chi connectivity index (χ3v) is 3.08. The van der Waals surface area contributed by atoms with E-state index in [4.69, 9.17) is 0 Å². The van der Waals surface area contributed by atoms with E-state index in [9.17, 15) is 9.59 Å². The number of aromatic nitrogens is 2. The van der Waals surface area contributed by atoms with Crippen LogP contribution in [-0.2, 0) is 9.59 Å². The van der Waals surface area contributed by atoms with Crippen LogP contribution in [-0.4, -0.2) is 28.2 Å². The molecule has 0 spiro atoms. The Hall–Kier alpha value is -3.02. The molecule has 2 amide bonds. The second-order valence-electron chi connectivity index (χ2n) is 4.54. The van der Waals surface area contributed by atoms with E-state index in [1.165, 1.54) is 18.4 Å². The lowest BCUT2D eigenvalue weighted by atomic mass is 10.1. The highest BCUT2D eigenvalue weighted by Crippen LogP contribution is 2.19. The van der Waals surface area contributed by atoms with Crippen LogP contribution in [0.15, 0.2) is 53.7 Å². The highest BCUT2D eigenvalue weighted by atomic mass is 16.2. The second-order valence-corrected chi connectivity index (χ2v) is 4.54. The predicted octanol–water partition coefficient (Wildman–Crippen LogP) is 1.80. The Balaban J connectivity index is 1.68. The number of carbonyl (C=O) groups excluding carboxylic acids is 2. The maximum Gasteiger partial charge on any atom is 0.269 e. The fourth-order valence-electron chi connectivity index (χ4n) is 1.96. The van der Waals surface area contributed by atoms with Crippen molar-refractivity contribution >= 4 is 23.7 Å². The maximum atomic E-state index is 12.0. The molecule has 1 aliphatic rings. The lowest BCUT2D eigenvalue weighted by Crippen LogP contribution is -2.24. The number of H-pyrrole nitrogens is 1. The average Bonchev–Trinajstić information content (AvgIpc) is 3.03. The summed E-state index contributed by atoms with van der Waals surface area (Å²) in [6.07, 6.45) is 5.85. The van der Waals surface area contributed by atoms with Crippen molar-refractivity contribution in [1.29, 1.82) is 0 Å². The molecule has 0 saturated carbocycles. The second kappa shape index (κ2) is 5.54. The predicted molar refractivity (Wildman–Crippen MR) is 78.8 cm³/mol. The molecule has 6 heteroatoms. The van der Waals surface area contributed by atoms with Crippen LogP contribution in [0, 0.1) is 5.92 Å². The highest BCUT2D eigenvalue weighted by Gasteiger charge is 2.16. The van der Waals surface area contributed by atoms with Crippen LogP contribution in [0.5, 0.6) is 0 Å². The summed E-state index contributed by atoms with van der Waals surface area (Å²) in [7, 11) is 0. The van der Waals surface area contributed by atoms with Crippen LogP contribution >= 0.6 is 0 Å². The first-order chi connectivity index (χ1) is 10.2. The lowest BCUT2D eigenvalue weighted by molar-refractivity contribution is -0.117. The van der Waals surface area contributed by atoms with Crippen molar-refractivity contribution < 1.29 is 9.59 Å². The molecule has 0 bridgehead atoms. The first kappa shape index (κ1) is 13.0. The Kier molecular flexibility index (Phi) is 3.42. The Bertz CT molecular complexity index is 699. The average molecular weight is 280 g/mol. The zero-order valence-electron chi connectivity index (χ0n) is 11.0. The summed E-state index contributed by atoms with van der Waals surface area (Å²) in [5, 5.41) is 9.55. The summed E-state index contributed by atoms with van der Waals surface area (Å²) in [5.74, 6) is -1.09. The first-order valence-electron chi connectivity index (χ1n) is 6.39. The molecule has 3 rings (SSSR count). The van der Waals surface area contributed by atoms with Gasteiger partial charge in [0, 0.05) is 24.2 Å². The molecular formula is C15H12N4O2. The summed E-state index contributed by atoms with van der Waals surface area (Å²) in [5.41, 5.74) is 2.57. The number of aromatic amines is 1. The monoisotopic (exact) mass is 280 g/mol. The van der Waals surface area contributed by atoms with Crippen molar-refractivity contribution in [1.82, 2.24) is 10.2 Å². The van der Waals surface area contributed by atoms with Gasteiger partial charge >= 0.3 is 0 Å². The van der Waals surface area contributed by atoms with E-state index in [1.54, 1.807) is 6.20 Å². The van der Waals surface area contributed by atoms with Crippen LogP contribution in [0.2, 0.25) is 0 Å². The quantitative estimate of drug-likeness (QED) is 0.898. The molecular weight excluding hydrogens is 268 g/mol. The van der Waals surface area contributed by atoms with Gasteiger partial charge in [-0.05, 0) is 23.8 Å². The molecule has 6 nitrogen and oxygen atoms in total. The lowest BCUT2D eigenvalue weighted by Gasteiger charge is -2.11. The molecule has 2 aromatic rings. The fourth-order valence-corrected chi connectivity index (χ4v) is 1.96. The van der Waals surface area contributed by atoms with Gasteiger partial charge in [-0.15, -0.1) is 0 Å². The van der Waals surface area contributed by atoms with Gasteiger partial charge < -0.3 is 5.32 Å². The summed E-state index contributed by atoms with van der Waals surface area (Å²) in [6, 6.07) is 9.26. The standard InChI is InChI=1S/C15H12N4O2/c20-14-6-3-11(9-16-14)15(21)18-12-4-1-10(2-5-12)13-7-8-17-19-13/h1-9,11H,(H,17,19)(H,18,21). The smallest absolute Gasteiger partial charge is 0.269 e. The van der Waals surface area contributed by atoms with Gasteiger partial charge in [-0.3, -0.25) is 14.7 Å². The normalized spacial score (nSPS) is 17.0. The Morgan fingerprint density at radius 1 is 1.19 bits per heavy atom. The molecule has 0 radical (unpaired) electrons. The molecule has 1 unspecified atom stereocenters. The van der Waals surface area contributed by atoms with E-state index in [1.807, 2.05) is 30.3 Å². The zero-order valence-corrected chi connectivity index (χ0v) is 11.0. The summed E-state index contributed by atoms with van der Waals surface area (Å²) < 4.78 is 0. The number of aliphatic imine (C=N–C) groups is 1. The number of nitrogens with one attached hydrogen (secondary N) is 2. The van der Waals surface area contributed by atoms with Crippen molar-refractivity contribution in [2.24, 2.45) is 10.9 Å². The van der Waals surface area contributed by atoms with Crippen molar-refractivity contribution in [2.75, 3.05) is 5.32 Å². The van der Waals surface area contributed by atoms with Crippen molar-refractivity contribution in [3.63, 3.8) is 0 Å². The number of hydrogen-bond donors (Lipinski definition) is 2. The van der Waals surface area contributed by atoms with E-state index < -0.39 is 5.92 Å². The van der Waals surface area contributed by atoms with Crippen LogP contribution < -0.4 is 5.32 Å². The molecule has 1 atom stereocenters. The van der Waals surface area contributed by atoms with E-state index >= 15 is 0 Å². The largest absolute Gasteiger partial charge is 0.325 e. The van der Waals surface area contributed by atoms with Crippen molar-refractivity contribution in [2.45, 2.75) is 0 Å². The van der Waals surface area contributed by atoms with Crippen molar-refractivity contribution in [3.8, 4) is 11.3 Å². The Morgan fingerprint density at radius 2 is 2.00 bits per heavy atom. The van der Waals surface area contributed by atoms with E-state index in [0.29, 0.717) is 5.69 Å². The van der Waals surface area contributed by atoms with Gasteiger partial charge in [-0.2, -0.15) is 5.10 Å². The zero-order chi connectivity index (χ0) is 14.7. The van der Waals surface area contributed by atoms with Crippen LogP contribution in [0.1, 0.15) is 0 Å². The van der Waals surface area contributed by atoms with Gasteiger partial charge in [0.25, 0.3) is 5.91 Å². The molecule has 0 fully saturated rings. The molecule has 1 aromatic carbocycles. The molecule has 21 heavy (non-hydrogen) atoms. The van der Waals surface area contributed by atoms with Gasteiger partial charge in [0.05, 0.1) is 11.6 Å². The van der Waals surface area contributed by atoms with E-state index in [2.05, 4.69) is 20.5 Å². The molecule has 2 N–H and O–H groups in total. The summed E-state index contributed by atoms with van der Waals surface area (Å²) in [6.45, 7) is 0. The molecule has 1 aliphatic heterocycles. The number of benzene rings is 1. The fraction of sp³-hybridized carbons (Fsp3) is 0.0667. The van der Waals surface area contributed by atoms with Crippen LogP contribution in [0.25, 0.3) is 11.3 Å². The van der Waals surface area contributed by atoms with Gasteiger partial charge in [-0.1, -0.05) is 18.2 Å². The van der Waals surface area contributed by atoms with E-state index in [-0.39, 0.29) is 11.8 Å². The number of amides is 2. The maximum absolute atomic E-state index is 12.0. The third kappa shape index (κ3) is 2.94. The number of carbonyl (C=O) groups is 2. The minimum atomic E-state index is -0.519. The Morgan fingerprint density at radius 3 is 2.62 bits per heavy atom. The minimum absolute atomic E-state index is 0.225. The molecule has 0 saturated heterocycles. The number of rotatable bonds is 3. The summed E-state index contributed by atoms with van der Waals surface area (Å²) in [4.78, 5) is 26.5. The topological polar surface area (TPSA) is 87.2 Å². The van der Waals surface area contributed by atoms with Gasteiger partial charge in [0.15, 0.2) is 0 Å². The van der Waals surface area contributed by atoms with Crippen LogP contribution in [0.3, 0.4) is 0 Å². The number of anilines is 1. The van der Waals surface area contributed by atoms with Crippen LogP contribution in [0.4, 0.5) is 5.69 Å². The first-order valence-corrected chi connectivity index (χ1v) is 6.39. The third-order valence-electron chi connectivity index (χ3n) is 3.08. The van der Waals surface area contributed by atoms with Crippen molar-refractivity contribution in [3.05, 3.63) is 48.7 Å². The SMILES string of the molecule is O=C1C=CC(C(=O)Nc2ccc(-c3ccn[nH]3)cc2)C=N1. The van der Waals surface area contributed by atoms with Gasteiger partial charge in [0.2, 0.25) is 5.91 Å². The van der Waals surface area contributed by atoms with E-state index in [0.717, 1.165) is 11.3 Å². The van der Waals surface area contributed by atoms with Gasteiger partial charge in [0.1, 0.15) is 0 Å². The summed E-state index contributed by atoms with van der Waals surface area (Å²) >= 11 is 0. The number of nitrogens with zero attached hydrogens (tertiary/aromatic N) is 2. The Labute approximate surface area is 120 Å². The highest BCUT2D eigenvalue weighted by molar-refractivity contribution is 6.09. The number of hydrogen-bond acceptors (Lipinski definition) is 3. The molecule has 2 heterocycles. The molecule has 1 aromatic heterocycles. The minimum Gasteiger partial charge on any atom is -0.325 e. The molecule has 0 aliphatic carbocycles. The van der Waals surface area contributed by atoms with Gasteiger partial charge in [-0.25, -0.2) is 4.99 Å². The molecule has 104 valence electrons.